The number of H-pyrrole nitrogens is 1. The number of benzene rings is 2. The van der Waals surface area contributed by atoms with Crippen molar-refractivity contribution in [2.75, 3.05) is 5.32 Å². The van der Waals surface area contributed by atoms with E-state index in [1.165, 1.54) is 0 Å². The molecule has 0 saturated heterocycles. The lowest BCUT2D eigenvalue weighted by atomic mass is 10.1. The van der Waals surface area contributed by atoms with Gasteiger partial charge >= 0.3 is 0 Å². The number of nitriles is 1. The van der Waals surface area contributed by atoms with Crippen molar-refractivity contribution in [1.82, 2.24) is 15.4 Å². The van der Waals surface area contributed by atoms with Crippen molar-refractivity contribution in [2.24, 2.45) is 0 Å². The Morgan fingerprint density at radius 1 is 1.22 bits per heavy atom. The van der Waals surface area contributed by atoms with Gasteiger partial charge in [-0.05, 0) is 36.4 Å². The first-order valence-electron chi connectivity index (χ1n) is 6.66. The Morgan fingerprint density at radius 3 is 2.74 bits per heavy atom. The van der Waals surface area contributed by atoms with Crippen molar-refractivity contribution >= 4 is 23.2 Å². The third-order valence-electron chi connectivity index (χ3n) is 3.16. The Balaban J connectivity index is 1.86. The van der Waals surface area contributed by atoms with Crippen LogP contribution in [0.4, 0.5) is 5.69 Å². The molecule has 0 aliphatic carbocycles. The second kappa shape index (κ2) is 6.30. The molecule has 1 heterocycles. The number of aromatic amines is 1. The van der Waals surface area contributed by atoms with Gasteiger partial charge in [0.05, 0.1) is 0 Å². The highest BCUT2D eigenvalue weighted by Crippen LogP contribution is 2.21. The van der Waals surface area contributed by atoms with Crippen LogP contribution in [0.5, 0.6) is 0 Å². The zero-order valence-electron chi connectivity index (χ0n) is 11.7. The number of anilines is 1. The van der Waals surface area contributed by atoms with Gasteiger partial charge in [-0.3, -0.25) is 4.79 Å². The second-order valence-corrected chi connectivity index (χ2v) is 5.13. The van der Waals surface area contributed by atoms with Gasteiger partial charge < -0.3 is 5.32 Å². The number of halogens is 1. The summed E-state index contributed by atoms with van der Waals surface area (Å²) in [7, 11) is 0. The molecular weight excluding hydrogens is 314 g/mol. The van der Waals surface area contributed by atoms with Crippen LogP contribution in [-0.4, -0.2) is 21.3 Å². The fraction of sp³-hybridized carbons (Fsp3) is 0. The number of nitrogens with one attached hydrogen (secondary N) is 2. The van der Waals surface area contributed by atoms with E-state index >= 15 is 0 Å². The number of carbonyl (C=O) groups excluding carboxylic acids is 1. The van der Waals surface area contributed by atoms with E-state index in [1.54, 1.807) is 48.5 Å². The van der Waals surface area contributed by atoms with Crippen LogP contribution in [0.2, 0.25) is 5.02 Å². The topological polar surface area (TPSA) is 94.5 Å². The monoisotopic (exact) mass is 323 g/mol. The molecule has 1 amide bonds. The molecule has 0 radical (unpaired) electrons. The number of nitrogens with zero attached hydrogens (tertiary/aromatic N) is 3. The molecule has 0 unspecified atom stereocenters. The van der Waals surface area contributed by atoms with E-state index in [4.69, 9.17) is 16.9 Å². The van der Waals surface area contributed by atoms with Crippen LogP contribution in [0.25, 0.3) is 11.3 Å². The van der Waals surface area contributed by atoms with Crippen molar-refractivity contribution in [3.8, 4) is 17.3 Å². The zero-order chi connectivity index (χ0) is 16.2. The van der Waals surface area contributed by atoms with Crippen LogP contribution in [-0.2, 0) is 0 Å². The molecule has 2 N–H and O–H groups in total. The van der Waals surface area contributed by atoms with E-state index in [0.29, 0.717) is 27.5 Å². The van der Waals surface area contributed by atoms with Crippen LogP contribution < -0.4 is 5.32 Å². The van der Waals surface area contributed by atoms with E-state index in [9.17, 15) is 4.79 Å². The molecule has 6 nitrogen and oxygen atoms in total. The highest BCUT2D eigenvalue weighted by Gasteiger charge is 2.12. The van der Waals surface area contributed by atoms with E-state index in [1.807, 2.05) is 6.07 Å². The molecule has 0 atom stereocenters. The van der Waals surface area contributed by atoms with Gasteiger partial charge in [0.15, 0.2) is 5.69 Å². The molecule has 0 aliphatic heterocycles. The Kier molecular flexibility index (Phi) is 4.04. The summed E-state index contributed by atoms with van der Waals surface area (Å²) in [4.78, 5) is 12.3. The lowest BCUT2D eigenvalue weighted by molar-refractivity contribution is 0.102. The normalized spacial score (nSPS) is 10.1. The smallest absolute Gasteiger partial charge is 0.255 e. The fourth-order valence-electron chi connectivity index (χ4n) is 2.05. The average Bonchev–Trinajstić information content (AvgIpc) is 3.06. The third kappa shape index (κ3) is 3.20. The van der Waals surface area contributed by atoms with Gasteiger partial charge in [0.25, 0.3) is 5.91 Å². The molecule has 112 valence electrons. The minimum atomic E-state index is -0.267. The lowest BCUT2D eigenvalue weighted by Gasteiger charge is -2.06. The summed E-state index contributed by atoms with van der Waals surface area (Å²) in [6.07, 6.45) is 0. The summed E-state index contributed by atoms with van der Waals surface area (Å²) in [5.74, 6) is -0.267. The maximum absolute atomic E-state index is 12.3. The Bertz CT molecular complexity index is 895. The standard InChI is InChI=1S/C16H10ClN5O/c17-12-4-6-13(7-5-12)19-16(23)11-3-1-2-10(8-11)15-14(9-18)20-22-21-15/h1-8H,(H,19,23)(H,20,21,22). The van der Waals surface area contributed by atoms with Gasteiger partial charge in [0.1, 0.15) is 11.8 Å². The first-order chi connectivity index (χ1) is 11.2. The number of amides is 1. The molecule has 1 aromatic heterocycles. The lowest BCUT2D eigenvalue weighted by Crippen LogP contribution is -2.11. The third-order valence-corrected chi connectivity index (χ3v) is 3.41. The van der Waals surface area contributed by atoms with Crippen LogP contribution in [0.15, 0.2) is 48.5 Å². The predicted molar refractivity (Wildman–Crippen MR) is 85.9 cm³/mol. The van der Waals surface area contributed by atoms with Gasteiger partial charge in [-0.1, -0.05) is 28.9 Å². The summed E-state index contributed by atoms with van der Waals surface area (Å²) < 4.78 is 0. The quantitative estimate of drug-likeness (QED) is 0.773. The highest BCUT2D eigenvalue weighted by molar-refractivity contribution is 6.30. The molecule has 0 saturated carbocycles. The van der Waals surface area contributed by atoms with Crippen LogP contribution in [0.1, 0.15) is 16.1 Å². The van der Waals surface area contributed by atoms with Crippen LogP contribution >= 0.6 is 11.6 Å². The molecular formula is C16H10ClN5O. The molecule has 0 spiro atoms. The Morgan fingerprint density at radius 2 is 2.00 bits per heavy atom. The van der Waals surface area contributed by atoms with Crippen molar-refractivity contribution < 1.29 is 4.79 Å². The number of hydrogen-bond donors (Lipinski definition) is 2. The largest absolute Gasteiger partial charge is 0.322 e. The second-order valence-electron chi connectivity index (χ2n) is 4.69. The van der Waals surface area contributed by atoms with Gasteiger partial charge in [0.2, 0.25) is 0 Å². The first kappa shape index (κ1) is 14.8. The summed E-state index contributed by atoms with van der Waals surface area (Å²) in [6, 6.07) is 15.6. The first-order valence-corrected chi connectivity index (χ1v) is 7.03. The maximum atomic E-state index is 12.3. The van der Waals surface area contributed by atoms with Gasteiger partial charge in [-0.15, -0.1) is 5.10 Å². The molecule has 23 heavy (non-hydrogen) atoms. The molecule has 7 heteroatoms. The molecule has 2 aromatic carbocycles. The average molecular weight is 324 g/mol. The number of carbonyl (C=O) groups is 1. The van der Waals surface area contributed by atoms with E-state index in [0.717, 1.165) is 0 Å². The highest BCUT2D eigenvalue weighted by atomic mass is 35.5. The summed E-state index contributed by atoms with van der Waals surface area (Å²) in [6.45, 7) is 0. The van der Waals surface area contributed by atoms with Crippen molar-refractivity contribution in [1.29, 1.82) is 5.26 Å². The van der Waals surface area contributed by atoms with Gasteiger partial charge in [0, 0.05) is 21.8 Å². The molecule has 3 rings (SSSR count). The molecule has 0 bridgehead atoms. The minimum Gasteiger partial charge on any atom is -0.322 e. The van der Waals surface area contributed by atoms with E-state index < -0.39 is 0 Å². The Hall–Kier alpha value is -3.17. The predicted octanol–water partition coefficient (Wildman–Crippen LogP) is 3.25. The summed E-state index contributed by atoms with van der Waals surface area (Å²) in [5.41, 5.74) is 2.39. The molecule has 3 aromatic rings. The SMILES string of the molecule is N#Cc1[nH]nnc1-c1cccc(C(=O)Nc2ccc(Cl)cc2)c1. The fourth-order valence-corrected chi connectivity index (χ4v) is 2.18. The maximum Gasteiger partial charge on any atom is 0.255 e. The molecule has 0 aliphatic rings. The van der Waals surface area contributed by atoms with Crippen molar-refractivity contribution in [3.63, 3.8) is 0 Å². The van der Waals surface area contributed by atoms with E-state index in [-0.39, 0.29) is 11.6 Å². The van der Waals surface area contributed by atoms with Crippen molar-refractivity contribution in [3.05, 3.63) is 64.8 Å². The summed E-state index contributed by atoms with van der Waals surface area (Å²) >= 11 is 5.82. The van der Waals surface area contributed by atoms with Gasteiger partial charge in [-0.25, -0.2) is 5.10 Å². The molecule has 0 fully saturated rings. The van der Waals surface area contributed by atoms with Crippen LogP contribution in [0.3, 0.4) is 0 Å². The number of aromatic nitrogens is 3. The minimum absolute atomic E-state index is 0.250. The van der Waals surface area contributed by atoms with E-state index in [2.05, 4.69) is 20.7 Å². The summed E-state index contributed by atoms with van der Waals surface area (Å²) in [5, 5.41) is 22.4. The van der Waals surface area contributed by atoms with Gasteiger partial charge in [-0.2, -0.15) is 5.26 Å². The zero-order valence-corrected chi connectivity index (χ0v) is 12.5. The van der Waals surface area contributed by atoms with Crippen molar-refractivity contribution in [2.45, 2.75) is 0 Å². The number of rotatable bonds is 3. The van der Waals surface area contributed by atoms with Crippen LogP contribution in [0, 0.1) is 11.3 Å². The Labute approximate surface area is 136 Å². The number of hydrogen-bond acceptors (Lipinski definition) is 4.